The maximum atomic E-state index is 6.89. The number of rotatable bonds is 4. The molecule has 0 saturated carbocycles. The van der Waals surface area contributed by atoms with Crippen molar-refractivity contribution in [2.75, 3.05) is 6.54 Å². The molecule has 50 heavy (non-hydrogen) atoms. The molecule has 0 bridgehead atoms. The second-order valence-corrected chi connectivity index (χ2v) is 13.3. The molecule has 2 aliphatic heterocycles. The maximum Gasteiger partial charge on any atom is 0.161 e. The number of dihydropyridines is 1. The molecular formula is C46H33N3O. The van der Waals surface area contributed by atoms with Crippen molar-refractivity contribution >= 4 is 5.70 Å². The molecule has 1 spiro atoms. The van der Waals surface area contributed by atoms with E-state index in [9.17, 15) is 0 Å². The van der Waals surface area contributed by atoms with Crippen LogP contribution in [-0.4, -0.2) is 16.5 Å². The molecule has 4 heteroatoms. The van der Waals surface area contributed by atoms with Crippen LogP contribution in [0, 0.1) is 5.92 Å². The van der Waals surface area contributed by atoms with E-state index < -0.39 is 0 Å². The number of allylic oxidation sites excluding steroid dienone is 6. The molecule has 4 aliphatic rings. The van der Waals surface area contributed by atoms with Crippen molar-refractivity contribution in [2.24, 2.45) is 5.92 Å². The van der Waals surface area contributed by atoms with Crippen molar-refractivity contribution in [3.8, 4) is 50.6 Å². The van der Waals surface area contributed by atoms with E-state index in [2.05, 4.69) is 163 Å². The third-order valence-corrected chi connectivity index (χ3v) is 10.6. The lowest BCUT2D eigenvalue weighted by atomic mass is 9.60. The van der Waals surface area contributed by atoms with E-state index in [1.54, 1.807) is 0 Å². The minimum atomic E-state index is -0.355. The Morgan fingerprint density at radius 3 is 2.02 bits per heavy atom. The zero-order valence-electron chi connectivity index (χ0n) is 27.4. The lowest BCUT2D eigenvalue weighted by Gasteiger charge is -2.46. The molecule has 0 amide bonds. The SMILES string of the molecule is C1=CCNC(c2cc(-c3ccccc3)nc(-c3ccccc3-c3ccc4c(c3)OC3=CC=CCC3C43c4ccccc4-c4ccccc43)n2)=C1. The predicted octanol–water partition coefficient (Wildman–Crippen LogP) is 10.1. The first kappa shape index (κ1) is 28.7. The average Bonchev–Trinajstić information content (AvgIpc) is 3.49. The zero-order chi connectivity index (χ0) is 33.1. The molecule has 0 fully saturated rings. The van der Waals surface area contributed by atoms with Crippen molar-refractivity contribution in [2.45, 2.75) is 11.8 Å². The van der Waals surface area contributed by atoms with Crippen LogP contribution >= 0.6 is 0 Å². The van der Waals surface area contributed by atoms with Crippen molar-refractivity contribution in [3.05, 3.63) is 192 Å². The molecule has 5 aromatic carbocycles. The van der Waals surface area contributed by atoms with Gasteiger partial charge in [0.15, 0.2) is 5.82 Å². The molecule has 1 N–H and O–H groups in total. The number of aromatic nitrogens is 2. The number of fused-ring (bicyclic) bond motifs is 9. The van der Waals surface area contributed by atoms with Crippen LogP contribution in [-0.2, 0) is 5.41 Å². The summed E-state index contributed by atoms with van der Waals surface area (Å²) in [7, 11) is 0. The maximum absolute atomic E-state index is 6.89. The van der Waals surface area contributed by atoms with Crippen LogP contribution in [0.4, 0.5) is 0 Å². The van der Waals surface area contributed by atoms with Gasteiger partial charge in [-0.15, -0.1) is 0 Å². The van der Waals surface area contributed by atoms with Crippen LogP contribution in [0.25, 0.3) is 50.6 Å². The standard InChI is InChI=1S/C46H33N3O/c1-2-14-30(15-3-1)41-29-42(40-23-12-13-27-47-40)49-45(48-41)35-19-5-4-16-32(35)31-25-26-39-44(28-31)50-43-24-11-10-22-38(43)46(39)36-20-8-6-17-33(36)34-18-7-9-21-37(34)46/h1-21,23-26,28-29,38,47H,22,27H2. The lowest BCUT2D eigenvalue weighted by molar-refractivity contribution is 0.253. The average molecular weight is 644 g/mol. The zero-order valence-corrected chi connectivity index (χ0v) is 27.4. The Morgan fingerprint density at radius 2 is 1.26 bits per heavy atom. The summed E-state index contributed by atoms with van der Waals surface area (Å²) >= 11 is 0. The molecule has 1 atom stereocenters. The van der Waals surface area contributed by atoms with E-state index >= 15 is 0 Å². The Kier molecular flexibility index (Phi) is 6.56. The second-order valence-electron chi connectivity index (χ2n) is 13.3. The highest BCUT2D eigenvalue weighted by Crippen LogP contribution is 2.63. The normalized spacial score (nSPS) is 17.4. The van der Waals surface area contributed by atoms with Crippen molar-refractivity contribution < 1.29 is 4.74 Å². The van der Waals surface area contributed by atoms with E-state index in [0.717, 1.165) is 63.8 Å². The summed E-state index contributed by atoms with van der Waals surface area (Å²) in [5.74, 6) is 2.75. The van der Waals surface area contributed by atoms with Crippen LogP contribution in [0.15, 0.2) is 170 Å². The lowest BCUT2D eigenvalue weighted by Crippen LogP contribution is -2.42. The Balaban J connectivity index is 1.16. The van der Waals surface area contributed by atoms with Gasteiger partial charge in [0.1, 0.15) is 11.5 Å². The van der Waals surface area contributed by atoms with Gasteiger partial charge in [-0.2, -0.15) is 0 Å². The first-order valence-corrected chi connectivity index (χ1v) is 17.3. The summed E-state index contributed by atoms with van der Waals surface area (Å²) in [6.07, 6.45) is 13.8. The molecule has 238 valence electrons. The van der Waals surface area contributed by atoms with E-state index in [-0.39, 0.29) is 11.3 Å². The summed E-state index contributed by atoms with van der Waals surface area (Å²) in [5, 5.41) is 3.49. The number of nitrogens with one attached hydrogen (secondary N) is 1. The summed E-state index contributed by atoms with van der Waals surface area (Å²) < 4.78 is 6.89. The third-order valence-electron chi connectivity index (χ3n) is 10.6. The third kappa shape index (κ3) is 4.31. The van der Waals surface area contributed by atoms with Gasteiger partial charge < -0.3 is 10.1 Å². The molecule has 0 radical (unpaired) electrons. The number of benzene rings is 5. The highest BCUT2D eigenvalue weighted by molar-refractivity contribution is 5.87. The van der Waals surface area contributed by atoms with Gasteiger partial charge in [-0.25, -0.2) is 9.97 Å². The Bertz CT molecular complexity index is 2410. The van der Waals surface area contributed by atoms with E-state index in [0.29, 0.717) is 5.82 Å². The van der Waals surface area contributed by atoms with Crippen LogP contribution in [0.2, 0.25) is 0 Å². The van der Waals surface area contributed by atoms with Crippen LogP contribution < -0.4 is 10.1 Å². The number of hydrogen-bond acceptors (Lipinski definition) is 4. The van der Waals surface area contributed by atoms with Gasteiger partial charge in [0.05, 0.1) is 22.5 Å². The first-order valence-electron chi connectivity index (χ1n) is 17.3. The Labute approximate surface area is 291 Å². The number of ether oxygens (including phenoxy) is 1. The van der Waals surface area contributed by atoms with Gasteiger partial charge in [-0.1, -0.05) is 140 Å². The fourth-order valence-electron chi connectivity index (χ4n) is 8.48. The minimum absolute atomic E-state index is 0.160. The minimum Gasteiger partial charge on any atom is -0.461 e. The molecule has 10 rings (SSSR count). The molecule has 0 saturated heterocycles. The van der Waals surface area contributed by atoms with Crippen molar-refractivity contribution in [1.29, 1.82) is 0 Å². The van der Waals surface area contributed by atoms with Gasteiger partial charge in [-0.05, 0) is 64.1 Å². The van der Waals surface area contributed by atoms with Crippen LogP contribution in [0.3, 0.4) is 0 Å². The topological polar surface area (TPSA) is 47.0 Å². The highest BCUT2D eigenvalue weighted by atomic mass is 16.5. The molecule has 1 unspecified atom stereocenters. The van der Waals surface area contributed by atoms with Crippen molar-refractivity contribution in [1.82, 2.24) is 15.3 Å². The summed E-state index contributed by atoms with van der Waals surface area (Å²) in [6, 6.07) is 45.5. The number of nitrogens with zero attached hydrogens (tertiary/aromatic N) is 2. The van der Waals surface area contributed by atoms with Gasteiger partial charge in [-0.3, -0.25) is 0 Å². The molecule has 4 nitrogen and oxygen atoms in total. The first-order chi connectivity index (χ1) is 24.8. The predicted molar refractivity (Wildman–Crippen MR) is 201 cm³/mol. The van der Waals surface area contributed by atoms with E-state index in [4.69, 9.17) is 14.7 Å². The van der Waals surface area contributed by atoms with E-state index in [1.165, 1.54) is 27.8 Å². The van der Waals surface area contributed by atoms with E-state index in [1.807, 2.05) is 6.07 Å². The second kappa shape index (κ2) is 11.4. The molecule has 6 aromatic rings. The highest BCUT2D eigenvalue weighted by Gasteiger charge is 2.55. The Hall–Kier alpha value is -6.26. The molecule has 3 heterocycles. The van der Waals surface area contributed by atoms with Gasteiger partial charge in [0, 0.05) is 29.2 Å². The summed E-state index contributed by atoms with van der Waals surface area (Å²) in [6.45, 7) is 0.765. The van der Waals surface area contributed by atoms with Crippen LogP contribution in [0.5, 0.6) is 5.75 Å². The fraction of sp³-hybridized carbons (Fsp3) is 0.0870. The largest absolute Gasteiger partial charge is 0.461 e. The van der Waals surface area contributed by atoms with Gasteiger partial charge in [0.25, 0.3) is 0 Å². The number of hydrogen-bond donors (Lipinski definition) is 1. The fourth-order valence-corrected chi connectivity index (χ4v) is 8.48. The molecular weight excluding hydrogens is 611 g/mol. The molecule has 2 aliphatic carbocycles. The molecule has 1 aromatic heterocycles. The van der Waals surface area contributed by atoms with Crippen molar-refractivity contribution in [3.63, 3.8) is 0 Å². The van der Waals surface area contributed by atoms with Gasteiger partial charge in [0.2, 0.25) is 0 Å². The van der Waals surface area contributed by atoms with Gasteiger partial charge >= 0.3 is 0 Å². The Morgan fingerprint density at radius 1 is 0.580 bits per heavy atom. The monoisotopic (exact) mass is 643 g/mol. The van der Waals surface area contributed by atoms with Crippen LogP contribution in [0.1, 0.15) is 28.8 Å². The quantitative estimate of drug-likeness (QED) is 0.208. The summed E-state index contributed by atoms with van der Waals surface area (Å²) in [4.78, 5) is 10.3. The smallest absolute Gasteiger partial charge is 0.161 e. The summed E-state index contributed by atoms with van der Waals surface area (Å²) in [5.41, 5.74) is 13.1.